The highest BCUT2D eigenvalue weighted by atomic mass is 16.5. The molecule has 0 fully saturated rings. The van der Waals surface area contributed by atoms with E-state index in [1.165, 1.54) is 0 Å². The Balaban J connectivity index is 2.50. The van der Waals surface area contributed by atoms with Crippen LogP contribution in [0.1, 0.15) is 38.7 Å². The van der Waals surface area contributed by atoms with Crippen LogP contribution in [0.3, 0.4) is 0 Å². The fraction of sp³-hybridized carbons (Fsp3) is 0.368. The maximum absolute atomic E-state index is 12.6. The van der Waals surface area contributed by atoms with Gasteiger partial charge in [0.2, 0.25) is 5.91 Å². The molecule has 0 unspecified atom stereocenters. The standard InChI is InChI=1S/C19H23NO3/c1-5-11-20-14(4)18(19(22)23-13(2)3)16(12-17(20)21)15-9-7-6-8-10-15/h5-10,13,16H,1,11-12H2,2-4H3/t16-/m1/s1. The van der Waals surface area contributed by atoms with Crippen LogP contribution in [0.5, 0.6) is 0 Å². The molecule has 1 aliphatic heterocycles. The van der Waals surface area contributed by atoms with Crippen LogP contribution in [-0.4, -0.2) is 29.4 Å². The van der Waals surface area contributed by atoms with Gasteiger partial charge in [0.25, 0.3) is 0 Å². The molecule has 1 aromatic rings. The van der Waals surface area contributed by atoms with E-state index in [1.807, 2.05) is 44.2 Å². The van der Waals surface area contributed by atoms with E-state index in [2.05, 4.69) is 6.58 Å². The zero-order valence-corrected chi connectivity index (χ0v) is 13.9. The summed E-state index contributed by atoms with van der Waals surface area (Å²) >= 11 is 0. The van der Waals surface area contributed by atoms with E-state index in [4.69, 9.17) is 4.74 Å². The highest BCUT2D eigenvalue weighted by Gasteiger charge is 2.36. The molecule has 4 heteroatoms. The fourth-order valence-electron chi connectivity index (χ4n) is 2.88. The third-order valence-corrected chi connectivity index (χ3v) is 3.90. The molecule has 0 saturated heterocycles. The smallest absolute Gasteiger partial charge is 0.336 e. The number of carbonyl (C=O) groups is 2. The quantitative estimate of drug-likeness (QED) is 0.618. The molecule has 122 valence electrons. The number of esters is 1. The van der Waals surface area contributed by atoms with Crippen LogP contribution in [0.2, 0.25) is 0 Å². The first-order chi connectivity index (χ1) is 11.0. The predicted octanol–water partition coefficient (Wildman–Crippen LogP) is 3.41. The zero-order chi connectivity index (χ0) is 17.0. The molecule has 23 heavy (non-hydrogen) atoms. The second-order valence-corrected chi connectivity index (χ2v) is 5.91. The molecule has 0 N–H and O–H groups in total. The van der Waals surface area contributed by atoms with Gasteiger partial charge in [-0.1, -0.05) is 36.4 Å². The third kappa shape index (κ3) is 3.70. The normalized spacial score (nSPS) is 18.3. The second kappa shape index (κ2) is 7.27. The number of hydrogen-bond donors (Lipinski definition) is 0. The summed E-state index contributed by atoms with van der Waals surface area (Å²) in [6.45, 7) is 9.52. The van der Waals surface area contributed by atoms with E-state index >= 15 is 0 Å². The Hall–Kier alpha value is -2.36. The highest BCUT2D eigenvalue weighted by molar-refractivity contribution is 5.96. The molecule has 1 aliphatic rings. The monoisotopic (exact) mass is 313 g/mol. The lowest BCUT2D eigenvalue weighted by Gasteiger charge is -2.34. The number of hydrogen-bond acceptors (Lipinski definition) is 3. The van der Waals surface area contributed by atoms with Crippen LogP contribution in [0.25, 0.3) is 0 Å². The Labute approximate surface area is 137 Å². The van der Waals surface area contributed by atoms with Gasteiger partial charge in [-0.3, -0.25) is 4.79 Å². The molecule has 0 saturated carbocycles. The molecule has 1 heterocycles. The van der Waals surface area contributed by atoms with Crippen LogP contribution in [-0.2, 0) is 14.3 Å². The molecule has 1 amide bonds. The van der Waals surface area contributed by atoms with Crippen LogP contribution < -0.4 is 0 Å². The van der Waals surface area contributed by atoms with Crippen LogP contribution >= 0.6 is 0 Å². The van der Waals surface area contributed by atoms with E-state index in [0.29, 0.717) is 17.8 Å². The van der Waals surface area contributed by atoms with Crippen molar-refractivity contribution in [3.05, 3.63) is 59.8 Å². The van der Waals surface area contributed by atoms with E-state index in [1.54, 1.807) is 17.9 Å². The first kappa shape index (κ1) is 17.0. The number of carbonyl (C=O) groups excluding carboxylic acids is 2. The van der Waals surface area contributed by atoms with Gasteiger partial charge in [0.1, 0.15) is 0 Å². The highest BCUT2D eigenvalue weighted by Crippen LogP contribution is 2.37. The first-order valence-corrected chi connectivity index (χ1v) is 7.83. The molecule has 4 nitrogen and oxygen atoms in total. The summed E-state index contributed by atoms with van der Waals surface area (Å²) in [7, 11) is 0. The summed E-state index contributed by atoms with van der Waals surface area (Å²) in [5.41, 5.74) is 2.17. The molecule has 0 aromatic heterocycles. The van der Waals surface area contributed by atoms with E-state index in [9.17, 15) is 9.59 Å². The summed E-state index contributed by atoms with van der Waals surface area (Å²) in [6.07, 6.45) is 1.72. The van der Waals surface area contributed by atoms with Crippen molar-refractivity contribution in [1.82, 2.24) is 4.90 Å². The van der Waals surface area contributed by atoms with Gasteiger partial charge in [0.05, 0.1) is 11.7 Å². The summed E-state index contributed by atoms with van der Waals surface area (Å²) in [4.78, 5) is 26.7. The number of amides is 1. The number of ether oxygens (including phenoxy) is 1. The van der Waals surface area contributed by atoms with Crippen molar-refractivity contribution in [2.24, 2.45) is 0 Å². The average molecular weight is 313 g/mol. The molecule has 0 bridgehead atoms. The SMILES string of the molecule is C=CCN1C(=O)C[C@H](c2ccccc2)C(C(=O)OC(C)C)=C1C. The Morgan fingerprint density at radius 1 is 1.39 bits per heavy atom. The summed E-state index contributed by atoms with van der Waals surface area (Å²) < 4.78 is 5.41. The van der Waals surface area contributed by atoms with Gasteiger partial charge in [-0.25, -0.2) is 4.79 Å². The van der Waals surface area contributed by atoms with Gasteiger partial charge < -0.3 is 9.64 Å². The Kier molecular flexibility index (Phi) is 5.37. The molecule has 0 aliphatic carbocycles. The fourth-order valence-corrected chi connectivity index (χ4v) is 2.88. The van der Waals surface area contributed by atoms with Crippen molar-refractivity contribution >= 4 is 11.9 Å². The van der Waals surface area contributed by atoms with Gasteiger partial charge in [-0.2, -0.15) is 0 Å². The van der Waals surface area contributed by atoms with Crippen LogP contribution in [0, 0.1) is 0 Å². The molecule has 0 radical (unpaired) electrons. The van der Waals surface area contributed by atoms with Crippen molar-refractivity contribution < 1.29 is 14.3 Å². The van der Waals surface area contributed by atoms with Crippen LogP contribution in [0.4, 0.5) is 0 Å². The second-order valence-electron chi connectivity index (χ2n) is 5.91. The Morgan fingerprint density at radius 3 is 2.61 bits per heavy atom. The van der Waals surface area contributed by atoms with E-state index < -0.39 is 0 Å². The minimum absolute atomic E-state index is 0.00245. The van der Waals surface area contributed by atoms with Gasteiger partial charge >= 0.3 is 5.97 Å². The lowest BCUT2D eigenvalue weighted by molar-refractivity contribution is -0.143. The van der Waals surface area contributed by atoms with Crippen molar-refractivity contribution in [3.63, 3.8) is 0 Å². The van der Waals surface area contributed by atoms with Gasteiger partial charge in [0, 0.05) is 24.6 Å². The summed E-state index contributed by atoms with van der Waals surface area (Å²) in [5.74, 6) is -0.624. The maximum atomic E-state index is 12.6. The lowest BCUT2D eigenvalue weighted by atomic mass is 9.83. The molecule has 2 rings (SSSR count). The average Bonchev–Trinajstić information content (AvgIpc) is 2.50. The molecule has 1 aromatic carbocycles. The molecular formula is C19H23NO3. The zero-order valence-electron chi connectivity index (χ0n) is 13.9. The van der Waals surface area contributed by atoms with E-state index in [-0.39, 0.29) is 30.3 Å². The number of rotatable bonds is 5. The van der Waals surface area contributed by atoms with Crippen molar-refractivity contribution in [3.8, 4) is 0 Å². The topological polar surface area (TPSA) is 46.6 Å². The minimum atomic E-state index is -0.354. The van der Waals surface area contributed by atoms with Gasteiger partial charge in [-0.15, -0.1) is 6.58 Å². The lowest BCUT2D eigenvalue weighted by Crippen LogP contribution is -2.38. The molecule has 0 spiro atoms. The van der Waals surface area contributed by atoms with Gasteiger partial charge in [0.15, 0.2) is 0 Å². The Morgan fingerprint density at radius 2 is 2.04 bits per heavy atom. The van der Waals surface area contributed by atoms with Crippen molar-refractivity contribution in [2.45, 2.75) is 39.2 Å². The van der Waals surface area contributed by atoms with Crippen molar-refractivity contribution in [2.75, 3.05) is 6.54 Å². The number of nitrogens with zero attached hydrogens (tertiary/aromatic N) is 1. The maximum Gasteiger partial charge on any atom is 0.336 e. The number of benzene rings is 1. The minimum Gasteiger partial charge on any atom is -0.460 e. The first-order valence-electron chi connectivity index (χ1n) is 7.83. The molecular weight excluding hydrogens is 290 g/mol. The van der Waals surface area contributed by atoms with Crippen molar-refractivity contribution in [1.29, 1.82) is 0 Å². The third-order valence-electron chi connectivity index (χ3n) is 3.90. The number of allylic oxidation sites excluding steroid dienone is 1. The van der Waals surface area contributed by atoms with Gasteiger partial charge in [-0.05, 0) is 26.3 Å². The predicted molar refractivity (Wildman–Crippen MR) is 89.6 cm³/mol. The molecule has 1 atom stereocenters. The van der Waals surface area contributed by atoms with Crippen LogP contribution in [0.15, 0.2) is 54.3 Å². The van der Waals surface area contributed by atoms with E-state index in [0.717, 1.165) is 5.56 Å². The largest absolute Gasteiger partial charge is 0.460 e. The Bertz CT molecular complexity index is 631. The summed E-state index contributed by atoms with van der Waals surface area (Å²) in [6, 6.07) is 9.63. The summed E-state index contributed by atoms with van der Waals surface area (Å²) in [5, 5.41) is 0.